The van der Waals surface area contributed by atoms with E-state index in [9.17, 15) is 18.4 Å². The van der Waals surface area contributed by atoms with Crippen LogP contribution in [0.25, 0.3) is 0 Å². The first-order valence-electron chi connectivity index (χ1n) is 8.54. The molecule has 1 saturated carbocycles. The number of piperidine rings is 1. The van der Waals surface area contributed by atoms with Gasteiger partial charge < -0.3 is 9.47 Å². The standard InChI is InChI=1S/C17H16ClF3N6/c1-26-9-23-25-15(26)10-2-5-27(16(7-10)3-4-16)13-11(8-22)6-12(17(19,20)21)24-14(13)18/h6,9-10H,2-5,7H2,1H3. The van der Waals surface area contributed by atoms with Gasteiger partial charge in [-0.1, -0.05) is 11.6 Å². The lowest BCUT2D eigenvalue weighted by molar-refractivity contribution is -0.141. The minimum atomic E-state index is -4.65. The summed E-state index contributed by atoms with van der Waals surface area (Å²) >= 11 is 6.14. The highest BCUT2D eigenvalue weighted by Crippen LogP contribution is 2.55. The number of halogens is 4. The highest BCUT2D eigenvalue weighted by molar-refractivity contribution is 6.32. The Morgan fingerprint density at radius 1 is 1.37 bits per heavy atom. The average Bonchev–Trinajstić information content (AvgIpc) is 3.23. The predicted octanol–water partition coefficient (Wildman–Crippen LogP) is 3.67. The molecular formula is C17H16ClF3N6. The van der Waals surface area contributed by atoms with Crippen LogP contribution >= 0.6 is 11.6 Å². The number of hydrogen-bond acceptors (Lipinski definition) is 5. The fourth-order valence-corrected chi connectivity index (χ4v) is 4.33. The van der Waals surface area contributed by atoms with Crippen LogP contribution in [0.4, 0.5) is 18.9 Å². The van der Waals surface area contributed by atoms with Crippen molar-refractivity contribution in [1.82, 2.24) is 19.7 Å². The van der Waals surface area contributed by atoms with Crippen molar-refractivity contribution < 1.29 is 13.2 Å². The third-order valence-electron chi connectivity index (χ3n) is 5.47. The van der Waals surface area contributed by atoms with Crippen LogP contribution in [0, 0.1) is 11.3 Å². The normalized spacial score (nSPS) is 21.3. The molecule has 3 heterocycles. The average molecular weight is 397 g/mol. The summed E-state index contributed by atoms with van der Waals surface area (Å²) in [5, 5.41) is 17.3. The van der Waals surface area contributed by atoms with Crippen molar-refractivity contribution in [2.75, 3.05) is 11.4 Å². The maximum atomic E-state index is 13.0. The molecule has 1 saturated heterocycles. The second kappa shape index (κ2) is 6.09. The number of rotatable bonds is 2. The van der Waals surface area contributed by atoms with Crippen molar-refractivity contribution >= 4 is 17.3 Å². The molecule has 1 atom stereocenters. The Morgan fingerprint density at radius 3 is 2.67 bits per heavy atom. The van der Waals surface area contributed by atoms with Gasteiger partial charge in [0, 0.05) is 25.0 Å². The van der Waals surface area contributed by atoms with Crippen LogP contribution in [-0.4, -0.2) is 31.8 Å². The zero-order chi connectivity index (χ0) is 19.4. The van der Waals surface area contributed by atoms with Gasteiger partial charge in [0.05, 0.1) is 11.3 Å². The summed E-state index contributed by atoms with van der Waals surface area (Å²) in [4.78, 5) is 5.51. The number of alkyl halides is 3. The molecular weight excluding hydrogens is 381 g/mol. The maximum absolute atomic E-state index is 13.0. The van der Waals surface area contributed by atoms with E-state index in [1.807, 2.05) is 22.6 Å². The molecule has 0 amide bonds. The summed E-state index contributed by atoms with van der Waals surface area (Å²) in [7, 11) is 1.89. The number of nitriles is 1. The fourth-order valence-electron chi connectivity index (χ4n) is 4.04. The van der Waals surface area contributed by atoms with E-state index in [-0.39, 0.29) is 22.2 Å². The van der Waals surface area contributed by atoms with E-state index in [0.29, 0.717) is 12.2 Å². The molecule has 0 radical (unpaired) electrons. The monoisotopic (exact) mass is 396 g/mol. The van der Waals surface area contributed by atoms with Crippen molar-refractivity contribution in [2.45, 2.75) is 43.3 Å². The molecule has 0 aromatic carbocycles. The lowest BCUT2D eigenvalue weighted by Gasteiger charge is -2.42. The molecule has 2 aromatic rings. The topological polar surface area (TPSA) is 70.6 Å². The van der Waals surface area contributed by atoms with Gasteiger partial charge in [0.25, 0.3) is 0 Å². The summed E-state index contributed by atoms with van der Waals surface area (Å²) in [5.41, 5.74) is -1.15. The first kappa shape index (κ1) is 18.0. The Bertz CT molecular complexity index is 928. The molecule has 0 bridgehead atoms. The van der Waals surface area contributed by atoms with Gasteiger partial charge in [-0.3, -0.25) is 0 Å². The number of nitrogens with zero attached hydrogens (tertiary/aromatic N) is 6. The fraction of sp³-hybridized carbons (Fsp3) is 0.529. The van der Waals surface area contributed by atoms with Crippen molar-refractivity contribution in [3.05, 3.63) is 34.6 Å². The summed E-state index contributed by atoms with van der Waals surface area (Å²) in [6.45, 7) is 0.568. The molecule has 2 fully saturated rings. The highest BCUT2D eigenvalue weighted by Gasteiger charge is 2.53. The van der Waals surface area contributed by atoms with Crippen LogP contribution in [0.1, 0.15) is 48.7 Å². The first-order valence-corrected chi connectivity index (χ1v) is 8.92. The van der Waals surface area contributed by atoms with E-state index in [2.05, 4.69) is 15.2 Å². The van der Waals surface area contributed by atoms with Crippen LogP contribution < -0.4 is 4.90 Å². The number of anilines is 1. The number of hydrogen-bond donors (Lipinski definition) is 0. The molecule has 1 spiro atoms. The Balaban J connectivity index is 1.69. The SMILES string of the molecule is Cn1cnnc1C1CCN(c2c(C#N)cc(C(F)(F)F)nc2Cl)C2(CC2)C1. The number of aromatic nitrogens is 4. The lowest BCUT2D eigenvalue weighted by Crippen LogP contribution is -2.45. The molecule has 27 heavy (non-hydrogen) atoms. The van der Waals surface area contributed by atoms with Gasteiger partial charge in [-0.2, -0.15) is 18.4 Å². The first-order chi connectivity index (χ1) is 12.7. The van der Waals surface area contributed by atoms with Gasteiger partial charge in [-0.25, -0.2) is 4.98 Å². The van der Waals surface area contributed by atoms with E-state index in [4.69, 9.17) is 11.6 Å². The largest absolute Gasteiger partial charge is 0.433 e. The van der Waals surface area contributed by atoms with E-state index in [1.54, 1.807) is 6.33 Å². The van der Waals surface area contributed by atoms with E-state index >= 15 is 0 Å². The van der Waals surface area contributed by atoms with Crippen molar-refractivity contribution in [2.24, 2.45) is 7.05 Å². The van der Waals surface area contributed by atoms with Crippen molar-refractivity contribution in [3.8, 4) is 6.07 Å². The molecule has 1 unspecified atom stereocenters. The molecule has 10 heteroatoms. The number of aryl methyl sites for hydroxylation is 1. The second-order valence-corrected chi connectivity index (χ2v) is 7.53. The van der Waals surface area contributed by atoms with E-state index in [1.165, 1.54) is 0 Å². The van der Waals surface area contributed by atoms with Crippen molar-refractivity contribution in [3.63, 3.8) is 0 Å². The predicted molar refractivity (Wildman–Crippen MR) is 91.3 cm³/mol. The summed E-state index contributed by atoms with van der Waals surface area (Å²) in [5.74, 6) is 1.11. The molecule has 6 nitrogen and oxygen atoms in total. The molecule has 4 rings (SSSR count). The summed E-state index contributed by atoms with van der Waals surface area (Å²) < 4.78 is 40.9. The van der Waals surface area contributed by atoms with Crippen LogP contribution in [0.15, 0.2) is 12.4 Å². The third-order valence-corrected chi connectivity index (χ3v) is 5.73. The number of pyridine rings is 1. The minimum Gasteiger partial charge on any atom is -0.362 e. The zero-order valence-corrected chi connectivity index (χ0v) is 15.2. The smallest absolute Gasteiger partial charge is 0.362 e. The Morgan fingerprint density at radius 2 is 2.11 bits per heavy atom. The summed E-state index contributed by atoms with van der Waals surface area (Å²) in [6.07, 6.45) is 0.334. The van der Waals surface area contributed by atoms with E-state index in [0.717, 1.165) is 37.6 Å². The molecule has 0 N–H and O–H groups in total. The van der Waals surface area contributed by atoms with Gasteiger partial charge >= 0.3 is 6.18 Å². The highest BCUT2D eigenvalue weighted by atomic mass is 35.5. The second-order valence-electron chi connectivity index (χ2n) is 7.17. The van der Waals surface area contributed by atoms with Gasteiger partial charge in [0.2, 0.25) is 0 Å². The molecule has 1 aliphatic carbocycles. The molecule has 142 valence electrons. The lowest BCUT2D eigenvalue weighted by atomic mass is 9.87. The Labute approximate surface area is 158 Å². The molecule has 2 aliphatic rings. The van der Waals surface area contributed by atoms with Crippen LogP contribution in [0.2, 0.25) is 5.15 Å². The van der Waals surface area contributed by atoms with E-state index < -0.39 is 11.9 Å². The zero-order valence-electron chi connectivity index (χ0n) is 14.5. The minimum absolute atomic E-state index is 0.0919. The molecule has 1 aliphatic heterocycles. The van der Waals surface area contributed by atoms with Crippen molar-refractivity contribution in [1.29, 1.82) is 5.26 Å². The quantitative estimate of drug-likeness (QED) is 0.724. The van der Waals surface area contributed by atoms with Gasteiger partial charge in [-0.15, -0.1) is 10.2 Å². The van der Waals surface area contributed by atoms with Crippen LogP contribution in [0.5, 0.6) is 0 Å². The van der Waals surface area contributed by atoms with Gasteiger partial charge in [0.1, 0.15) is 23.9 Å². The maximum Gasteiger partial charge on any atom is 0.433 e. The van der Waals surface area contributed by atoms with Gasteiger partial charge in [0.15, 0.2) is 5.15 Å². The van der Waals surface area contributed by atoms with Crippen LogP contribution in [0.3, 0.4) is 0 Å². The molecule has 2 aromatic heterocycles. The van der Waals surface area contributed by atoms with Crippen LogP contribution in [-0.2, 0) is 13.2 Å². The van der Waals surface area contributed by atoms with Gasteiger partial charge in [-0.05, 0) is 31.7 Å². The third kappa shape index (κ3) is 3.02. The Hall–Kier alpha value is -2.34. The summed E-state index contributed by atoms with van der Waals surface area (Å²) in [6, 6.07) is 2.65. The Kier molecular flexibility index (Phi) is 4.07.